The maximum atomic E-state index is 12.7. The zero-order chi connectivity index (χ0) is 24.7. The minimum absolute atomic E-state index is 0.299. The molecule has 0 amide bonds. The van der Waals surface area contributed by atoms with Crippen molar-refractivity contribution in [1.82, 2.24) is 4.98 Å². The lowest BCUT2D eigenvalue weighted by atomic mass is 9.84. The van der Waals surface area contributed by atoms with Crippen molar-refractivity contribution < 1.29 is 9.90 Å². The molecule has 0 aliphatic carbocycles. The lowest BCUT2D eigenvalue weighted by Gasteiger charge is -2.38. The van der Waals surface area contributed by atoms with Crippen molar-refractivity contribution in [3.05, 3.63) is 119 Å². The molecular formula is C29H30N2O2S2. The third-order valence-corrected chi connectivity index (χ3v) is 8.32. The molecule has 1 heterocycles. The van der Waals surface area contributed by atoms with Gasteiger partial charge < -0.3 is 10.0 Å². The van der Waals surface area contributed by atoms with Gasteiger partial charge in [0.1, 0.15) is 6.04 Å². The Morgan fingerprint density at radius 2 is 1.40 bits per heavy atom. The highest BCUT2D eigenvalue weighted by atomic mass is 32.2. The molecule has 6 heteroatoms. The van der Waals surface area contributed by atoms with Crippen LogP contribution in [0.2, 0.25) is 0 Å². The first-order valence-corrected chi connectivity index (χ1v) is 13.6. The maximum Gasteiger partial charge on any atom is 0.327 e. The van der Waals surface area contributed by atoms with E-state index in [4.69, 9.17) is 0 Å². The fraction of sp³-hybridized carbons (Fsp3) is 0.241. The molecule has 1 unspecified atom stereocenters. The lowest BCUT2D eigenvalue weighted by Crippen LogP contribution is -2.46. The number of rotatable bonds is 11. The molecule has 0 aliphatic rings. The van der Waals surface area contributed by atoms with Crippen molar-refractivity contribution in [2.75, 3.05) is 17.2 Å². The molecule has 0 bridgehead atoms. The average molecular weight is 503 g/mol. The maximum absolute atomic E-state index is 12.7. The SMILES string of the molecule is CC(C)CN(c1nccs1)C(CSC(c1ccccc1)(c1ccccc1)c1ccccc1)C(=O)O. The lowest BCUT2D eigenvalue weighted by molar-refractivity contribution is -0.138. The summed E-state index contributed by atoms with van der Waals surface area (Å²) in [5, 5.41) is 13.0. The standard InChI is InChI=1S/C29H30N2O2S2/c1-22(2)20-31(28-30-18-19-34-28)26(27(32)33)21-35-29(23-12-6-3-7-13-23,24-14-8-4-9-15-24)25-16-10-5-11-17-25/h3-19,22,26H,20-21H2,1-2H3,(H,32,33). The van der Waals surface area contributed by atoms with Crippen LogP contribution in [0, 0.1) is 5.92 Å². The number of aromatic nitrogens is 1. The molecule has 0 aliphatic heterocycles. The Morgan fingerprint density at radius 3 is 1.77 bits per heavy atom. The van der Waals surface area contributed by atoms with Gasteiger partial charge in [0.25, 0.3) is 0 Å². The second-order valence-electron chi connectivity index (χ2n) is 8.81. The van der Waals surface area contributed by atoms with Crippen LogP contribution in [-0.4, -0.2) is 34.4 Å². The van der Waals surface area contributed by atoms with Gasteiger partial charge in [0, 0.05) is 23.9 Å². The molecule has 4 nitrogen and oxygen atoms in total. The number of benzene rings is 3. The Morgan fingerprint density at radius 1 is 0.914 bits per heavy atom. The number of thiazole rings is 1. The van der Waals surface area contributed by atoms with E-state index in [1.165, 1.54) is 11.3 Å². The molecule has 4 aromatic rings. The van der Waals surface area contributed by atoms with Crippen LogP contribution >= 0.6 is 23.1 Å². The Labute approximate surface area is 215 Å². The van der Waals surface area contributed by atoms with Gasteiger partial charge in [-0.05, 0) is 22.6 Å². The normalized spacial score (nSPS) is 12.4. The summed E-state index contributed by atoms with van der Waals surface area (Å²) in [6.45, 7) is 4.84. The molecule has 0 saturated heterocycles. The van der Waals surface area contributed by atoms with Crippen molar-refractivity contribution in [1.29, 1.82) is 0 Å². The smallest absolute Gasteiger partial charge is 0.327 e. The summed E-state index contributed by atoms with van der Waals surface area (Å²) in [6.07, 6.45) is 1.74. The van der Waals surface area contributed by atoms with Crippen LogP contribution in [0.1, 0.15) is 30.5 Å². The Kier molecular flexibility index (Phi) is 8.26. The van der Waals surface area contributed by atoms with E-state index in [-0.39, 0.29) is 0 Å². The summed E-state index contributed by atoms with van der Waals surface area (Å²) in [6, 6.07) is 30.4. The van der Waals surface area contributed by atoms with Crippen LogP contribution in [0.15, 0.2) is 103 Å². The van der Waals surface area contributed by atoms with Crippen molar-refractivity contribution in [3.63, 3.8) is 0 Å². The topological polar surface area (TPSA) is 53.4 Å². The number of carboxylic acid groups (broad SMARTS) is 1. The minimum atomic E-state index is -0.837. The second-order valence-corrected chi connectivity index (χ2v) is 10.9. The van der Waals surface area contributed by atoms with Crippen molar-refractivity contribution in [3.8, 4) is 0 Å². The number of nitrogens with zero attached hydrogens (tertiary/aromatic N) is 2. The first kappa shape index (κ1) is 25.0. The van der Waals surface area contributed by atoms with E-state index in [1.807, 2.05) is 64.9 Å². The van der Waals surface area contributed by atoms with Gasteiger partial charge in [0.05, 0.1) is 4.75 Å². The second kappa shape index (κ2) is 11.6. The predicted octanol–water partition coefficient (Wildman–Crippen LogP) is 6.78. The van der Waals surface area contributed by atoms with Gasteiger partial charge in [0.2, 0.25) is 0 Å². The fourth-order valence-electron chi connectivity index (χ4n) is 4.36. The molecule has 0 radical (unpaired) electrons. The quantitative estimate of drug-likeness (QED) is 0.229. The summed E-state index contributed by atoms with van der Waals surface area (Å²) in [4.78, 5) is 19.1. The molecule has 0 saturated carbocycles. The van der Waals surface area contributed by atoms with Gasteiger partial charge in [0.15, 0.2) is 5.13 Å². The van der Waals surface area contributed by atoms with Crippen LogP contribution in [0.3, 0.4) is 0 Å². The van der Waals surface area contributed by atoms with Crippen LogP contribution in [0.5, 0.6) is 0 Å². The largest absolute Gasteiger partial charge is 0.480 e. The molecule has 35 heavy (non-hydrogen) atoms. The number of hydrogen-bond acceptors (Lipinski definition) is 5. The van der Waals surface area contributed by atoms with Gasteiger partial charge in [-0.1, -0.05) is 105 Å². The highest BCUT2D eigenvalue weighted by Gasteiger charge is 2.39. The average Bonchev–Trinajstić information content (AvgIpc) is 3.42. The van der Waals surface area contributed by atoms with Crippen LogP contribution in [0.4, 0.5) is 5.13 Å². The van der Waals surface area contributed by atoms with E-state index in [9.17, 15) is 9.90 Å². The summed E-state index contributed by atoms with van der Waals surface area (Å²) < 4.78 is -0.566. The third kappa shape index (κ3) is 5.60. The number of carboxylic acids is 1. The Balaban J connectivity index is 1.82. The molecule has 3 aromatic carbocycles. The molecule has 0 spiro atoms. The molecular weight excluding hydrogens is 472 g/mol. The van der Waals surface area contributed by atoms with Gasteiger partial charge >= 0.3 is 5.97 Å². The molecule has 1 aromatic heterocycles. The highest BCUT2D eigenvalue weighted by molar-refractivity contribution is 8.00. The van der Waals surface area contributed by atoms with Gasteiger partial charge in [-0.2, -0.15) is 0 Å². The number of aliphatic carboxylic acids is 1. The van der Waals surface area contributed by atoms with Crippen molar-refractivity contribution >= 4 is 34.2 Å². The minimum Gasteiger partial charge on any atom is -0.480 e. The molecule has 180 valence electrons. The van der Waals surface area contributed by atoms with E-state index in [0.717, 1.165) is 21.8 Å². The number of thioether (sulfide) groups is 1. The molecule has 1 atom stereocenters. The molecule has 0 fully saturated rings. The number of hydrogen-bond donors (Lipinski definition) is 1. The summed E-state index contributed by atoms with van der Waals surface area (Å²) in [5.74, 6) is -0.148. The first-order valence-electron chi connectivity index (χ1n) is 11.7. The van der Waals surface area contributed by atoms with Crippen LogP contribution < -0.4 is 4.90 Å². The van der Waals surface area contributed by atoms with Crippen LogP contribution in [0.25, 0.3) is 0 Å². The molecule has 1 N–H and O–H groups in total. The van der Waals surface area contributed by atoms with Gasteiger partial charge in [-0.3, -0.25) is 0 Å². The van der Waals surface area contributed by atoms with E-state index in [2.05, 4.69) is 55.2 Å². The van der Waals surface area contributed by atoms with E-state index in [0.29, 0.717) is 18.2 Å². The van der Waals surface area contributed by atoms with E-state index < -0.39 is 16.8 Å². The first-order chi connectivity index (χ1) is 17.0. The number of carbonyl (C=O) groups is 1. The summed E-state index contributed by atoms with van der Waals surface area (Å²) >= 11 is 3.16. The van der Waals surface area contributed by atoms with Gasteiger partial charge in [-0.15, -0.1) is 23.1 Å². The summed E-state index contributed by atoms with van der Waals surface area (Å²) in [5.41, 5.74) is 3.36. The van der Waals surface area contributed by atoms with Crippen molar-refractivity contribution in [2.45, 2.75) is 24.6 Å². The predicted molar refractivity (Wildman–Crippen MR) is 147 cm³/mol. The van der Waals surface area contributed by atoms with Gasteiger partial charge in [-0.25, -0.2) is 9.78 Å². The zero-order valence-electron chi connectivity index (χ0n) is 20.0. The van der Waals surface area contributed by atoms with E-state index in [1.54, 1.807) is 18.0 Å². The zero-order valence-corrected chi connectivity index (χ0v) is 21.6. The van der Waals surface area contributed by atoms with Crippen molar-refractivity contribution in [2.24, 2.45) is 5.92 Å². The monoisotopic (exact) mass is 502 g/mol. The fourth-order valence-corrected chi connectivity index (χ4v) is 6.70. The van der Waals surface area contributed by atoms with E-state index >= 15 is 0 Å². The third-order valence-electron chi connectivity index (χ3n) is 5.89. The highest BCUT2D eigenvalue weighted by Crippen LogP contribution is 2.49. The number of anilines is 1. The Bertz CT molecular complexity index is 1090. The Hall–Kier alpha value is -3.09. The van der Waals surface area contributed by atoms with Crippen LogP contribution in [-0.2, 0) is 9.54 Å². The molecule has 4 rings (SSSR count). The summed E-state index contributed by atoms with van der Waals surface area (Å²) in [7, 11) is 0.